The van der Waals surface area contributed by atoms with Crippen molar-refractivity contribution < 1.29 is 19.1 Å². The number of primary amides is 1. The van der Waals surface area contributed by atoms with Crippen molar-refractivity contribution in [3.63, 3.8) is 0 Å². The number of hydrogen-bond acceptors (Lipinski definition) is 4. The van der Waals surface area contributed by atoms with Crippen LogP contribution >= 0.6 is 10.9 Å². The van der Waals surface area contributed by atoms with Crippen LogP contribution in [0.3, 0.4) is 0 Å². The van der Waals surface area contributed by atoms with Gasteiger partial charge >= 0.3 is 5.97 Å². The molecule has 0 saturated carbocycles. The van der Waals surface area contributed by atoms with Crippen molar-refractivity contribution in [1.82, 2.24) is 4.98 Å². The first-order valence-corrected chi connectivity index (χ1v) is 7.28. The van der Waals surface area contributed by atoms with Crippen LogP contribution in [0.4, 0.5) is 4.39 Å². The molecule has 1 aromatic rings. The van der Waals surface area contributed by atoms with E-state index in [0.717, 1.165) is 6.20 Å². The normalized spacial score (nSPS) is 20.1. The lowest BCUT2D eigenvalue weighted by Crippen LogP contribution is -2.34. The third-order valence-electron chi connectivity index (χ3n) is 3.06. The number of halogens is 1. The van der Waals surface area contributed by atoms with Crippen LogP contribution in [0.5, 0.6) is 0 Å². The molecule has 0 aliphatic carbocycles. The van der Waals surface area contributed by atoms with Crippen molar-refractivity contribution >= 4 is 28.8 Å². The number of aromatic nitrogens is 1. The number of carbonyl (C=O) groups is 2. The fourth-order valence-corrected chi connectivity index (χ4v) is 4.66. The number of amides is 1. The van der Waals surface area contributed by atoms with Gasteiger partial charge in [0.05, 0.1) is 16.8 Å². The Balaban J connectivity index is 2.48. The van der Waals surface area contributed by atoms with E-state index in [2.05, 4.69) is 4.98 Å². The molecule has 0 bridgehead atoms. The molecule has 0 spiro atoms. The molecule has 1 aliphatic rings. The van der Waals surface area contributed by atoms with E-state index in [-0.39, 0.29) is 10.7 Å². The van der Waals surface area contributed by atoms with E-state index in [1.165, 1.54) is 6.08 Å². The molecule has 2 heterocycles. The minimum atomic E-state index is -1.39. The Morgan fingerprint density at radius 3 is 2.75 bits per heavy atom. The summed E-state index contributed by atoms with van der Waals surface area (Å²) in [4.78, 5) is 27.1. The first kappa shape index (κ1) is 14.5. The largest absolute Gasteiger partial charge is 0.480 e. The number of aliphatic carboxylic acids is 1. The lowest BCUT2D eigenvalue weighted by Gasteiger charge is -2.22. The second-order valence-electron chi connectivity index (χ2n) is 4.41. The van der Waals surface area contributed by atoms with Gasteiger partial charge in [-0.15, -0.1) is 0 Å². The zero-order valence-corrected chi connectivity index (χ0v) is 11.5. The number of carbonyl (C=O) groups excluding carboxylic acids is 1. The van der Waals surface area contributed by atoms with Crippen molar-refractivity contribution in [2.45, 2.75) is 17.9 Å². The summed E-state index contributed by atoms with van der Waals surface area (Å²) in [5.74, 6) is -2.31. The van der Waals surface area contributed by atoms with Gasteiger partial charge in [0.25, 0.3) is 5.91 Å². The molecular formula is C12H14FN3O3S. The van der Waals surface area contributed by atoms with Crippen LogP contribution in [0.25, 0.3) is 6.08 Å². The summed E-state index contributed by atoms with van der Waals surface area (Å²) >= 11 is 0. The average Bonchev–Trinajstić information content (AvgIpc) is 2.73. The summed E-state index contributed by atoms with van der Waals surface area (Å²) in [5.41, 5.74) is 11.6. The maximum atomic E-state index is 13.6. The summed E-state index contributed by atoms with van der Waals surface area (Å²) < 4.78 is 13.6. The number of rotatable bonds is 4. The Bertz CT molecular complexity index is 633. The third-order valence-corrected chi connectivity index (χ3v) is 5.85. The quantitative estimate of drug-likeness (QED) is 0.590. The Morgan fingerprint density at radius 1 is 1.55 bits per heavy atom. The lowest BCUT2D eigenvalue weighted by molar-refractivity contribution is -0.137. The monoisotopic (exact) mass is 299 g/mol. The van der Waals surface area contributed by atoms with Gasteiger partial charge in [-0.05, 0) is 13.0 Å². The standard InChI is InChI=1S/C12H14FN3O3S/c1-5-6(13)3-16-8-2-9(11(15)17)20(10(5)8)4-7(14)12(18)19/h2-3,7,20H,4,14H2,1H3,(H2,15,17)(H,18,19)/t7-/m0/s1. The smallest absolute Gasteiger partial charge is 0.321 e. The maximum Gasteiger partial charge on any atom is 0.321 e. The molecule has 2 atom stereocenters. The van der Waals surface area contributed by atoms with Gasteiger partial charge in [0.15, 0.2) is 0 Å². The van der Waals surface area contributed by atoms with E-state index in [4.69, 9.17) is 16.6 Å². The molecule has 0 fully saturated rings. The lowest BCUT2D eigenvalue weighted by atomic mass is 10.2. The van der Waals surface area contributed by atoms with Crippen LogP contribution in [-0.4, -0.2) is 33.8 Å². The Morgan fingerprint density at radius 2 is 2.20 bits per heavy atom. The first-order chi connectivity index (χ1) is 9.32. The highest BCUT2D eigenvalue weighted by Gasteiger charge is 2.31. The summed E-state index contributed by atoms with van der Waals surface area (Å²) in [6.45, 7) is 1.56. The van der Waals surface area contributed by atoms with Crippen LogP contribution in [0.1, 0.15) is 11.3 Å². The van der Waals surface area contributed by atoms with Crippen LogP contribution in [0.2, 0.25) is 0 Å². The van der Waals surface area contributed by atoms with Gasteiger partial charge in [-0.2, -0.15) is 10.9 Å². The second-order valence-corrected chi connectivity index (χ2v) is 6.56. The molecule has 2 rings (SSSR count). The summed E-state index contributed by atoms with van der Waals surface area (Å²) in [5, 5.41) is 8.90. The van der Waals surface area contributed by atoms with Gasteiger partial charge in [0, 0.05) is 16.2 Å². The Labute approximate surface area is 117 Å². The minimum Gasteiger partial charge on any atom is -0.480 e. The van der Waals surface area contributed by atoms with Crippen molar-refractivity contribution in [2.24, 2.45) is 11.5 Å². The maximum absolute atomic E-state index is 13.6. The summed E-state index contributed by atoms with van der Waals surface area (Å²) in [6.07, 6.45) is 2.56. The number of nitrogens with two attached hydrogens (primary N) is 2. The minimum absolute atomic E-state index is 0.0262. The Hall–Kier alpha value is -1.93. The molecule has 0 saturated heterocycles. The fraction of sp³-hybridized carbons (Fsp3) is 0.250. The molecule has 5 N–H and O–H groups in total. The van der Waals surface area contributed by atoms with Gasteiger partial charge in [-0.1, -0.05) is 0 Å². The Kier molecular flexibility index (Phi) is 3.78. The van der Waals surface area contributed by atoms with Gasteiger partial charge < -0.3 is 16.6 Å². The molecule has 1 aliphatic heterocycles. The highest BCUT2D eigenvalue weighted by atomic mass is 32.2. The first-order valence-electron chi connectivity index (χ1n) is 5.75. The molecule has 0 radical (unpaired) electrons. The van der Waals surface area contributed by atoms with Gasteiger partial charge in [0.2, 0.25) is 0 Å². The van der Waals surface area contributed by atoms with Crippen molar-refractivity contribution in [1.29, 1.82) is 0 Å². The topological polar surface area (TPSA) is 119 Å². The molecule has 1 unspecified atom stereocenters. The third kappa shape index (κ3) is 2.39. The zero-order valence-electron chi connectivity index (χ0n) is 10.6. The predicted molar refractivity (Wildman–Crippen MR) is 73.8 cm³/mol. The summed E-state index contributed by atoms with van der Waals surface area (Å²) in [6, 6.07) is -1.14. The number of carboxylic acid groups (broad SMARTS) is 1. The van der Waals surface area contributed by atoms with Crippen molar-refractivity contribution in [2.75, 3.05) is 5.75 Å². The van der Waals surface area contributed by atoms with E-state index in [0.29, 0.717) is 16.2 Å². The molecular weight excluding hydrogens is 285 g/mol. The molecule has 8 heteroatoms. The molecule has 0 aromatic carbocycles. The van der Waals surface area contributed by atoms with E-state index in [1.54, 1.807) is 6.92 Å². The van der Waals surface area contributed by atoms with E-state index < -0.39 is 34.6 Å². The fourth-order valence-electron chi connectivity index (χ4n) is 2.03. The summed E-state index contributed by atoms with van der Waals surface area (Å²) in [7, 11) is -1.39. The number of pyridine rings is 1. The van der Waals surface area contributed by atoms with E-state index >= 15 is 0 Å². The van der Waals surface area contributed by atoms with Gasteiger partial charge in [-0.25, -0.2) is 4.39 Å². The van der Waals surface area contributed by atoms with Crippen LogP contribution < -0.4 is 11.5 Å². The van der Waals surface area contributed by atoms with Gasteiger partial charge in [-0.3, -0.25) is 14.6 Å². The average molecular weight is 299 g/mol. The molecule has 6 nitrogen and oxygen atoms in total. The van der Waals surface area contributed by atoms with Crippen molar-refractivity contribution in [3.8, 4) is 0 Å². The molecule has 1 amide bonds. The van der Waals surface area contributed by atoms with Crippen molar-refractivity contribution in [3.05, 3.63) is 28.2 Å². The SMILES string of the molecule is Cc1c(F)cnc2c1[SH](C[C@H](N)C(=O)O)C(C(N)=O)=C2. The molecule has 108 valence electrons. The van der Waals surface area contributed by atoms with Crippen LogP contribution in [0, 0.1) is 12.7 Å². The second kappa shape index (κ2) is 5.22. The number of fused-ring (bicyclic) bond motifs is 1. The van der Waals surface area contributed by atoms with Gasteiger partial charge in [0.1, 0.15) is 11.9 Å². The van der Waals surface area contributed by atoms with E-state index in [1.807, 2.05) is 0 Å². The number of nitrogens with zero attached hydrogens (tertiary/aromatic N) is 1. The van der Waals surface area contributed by atoms with Crippen LogP contribution in [-0.2, 0) is 9.59 Å². The number of carboxylic acids is 1. The number of hydrogen-bond donors (Lipinski definition) is 4. The highest BCUT2D eigenvalue weighted by molar-refractivity contribution is 8.21. The zero-order chi connectivity index (χ0) is 15.0. The van der Waals surface area contributed by atoms with E-state index in [9.17, 15) is 14.0 Å². The molecule has 1 aromatic heterocycles. The number of thiol groups is 1. The molecule has 20 heavy (non-hydrogen) atoms. The predicted octanol–water partition coefficient (Wildman–Crippen LogP) is 0.141. The van der Waals surface area contributed by atoms with Crippen LogP contribution in [0.15, 0.2) is 16.0 Å². The highest BCUT2D eigenvalue weighted by Crippen LogP contribution is 2.53.